The molecule has 1 saturated carbocycles. The third kappa shape index (κ3) is 4.42. The molecule has 0 bridgehead atoms. The van der Waals surface area contributed by atoms with Crippen molar-refractivity contribution in [2.75, 3.05) is 10.7 Å². The number of hydrogen-bond donors (Lipinski definition) is 3. The molecule has 1 aliphatic carbocycles. The fourth-order valence-electron chi connectivity index (χ4n) is 2.61. The Morgan fingerprint density at radius 1 is 1.10 bits per heavy atom. The van der Waals surface area contributed by atoms with Crippen molar-refractivity contribution in [3.05, 3.63) is 0 Å². The maximum atomic E-state index is 5.53. The van der Waals surface area contributed by atoms with E-state index < -0.39 is 0 Å². The molecule has 0 amide bonds. The maximum absolute atomic E-state index is 5.53. The van der Waals surface area contributed by atoms with Gasteiger partial charge in [0.15, 0.2) is 0 Å². The molecule has 0 radical (unpaired) electrons. The second-order valence-electron chi connectivity index (χ2n) is 6.19. The minimum absolute atomic E-state index is 0.00132. The maximum Gasteiger partial charge on any atom is 0.323 e. The molecule has 4 N–H and O–H groups in total. The number of rotatable bonds is 5. The highest BCUT2D eigenvalue weighted by atomic mass is 16.5. The van der Waals surface area contributed by atoms with Crippen molar-refractivity contribution in [3.8, 4) is 6.01 Å². The van der Waals surface area contributed by atoms with Gasteiger partial charge in [-0.05, 0) is 44.9 Å². The van der Waals surface area contributed by atoms with Gasteiger partial charge in [0.2, 0.25) is 11.9 Å². The third-order valence-electron chi connectivity index (χ3n) is 4.02. The lowest BCUT2D eigenvalue weighted by Gasteiger charge is -2.32. The van der Waals surface area contributed by atoms with E-state index in [9.17, 15) is 0 Å². The van der Waals surface area contributed by atoms with E-state index in [0.29, 0.717) is 23.9 Å². The monoisotopic (exact) mass is 294 g/mol. The zero-order valence-electron chi connectivity index (χ0n) is 13.3. The lowest BCUT2D eigenvalue weighted by molar-refractivity contribution is 0.222. The molecule has 7 heteroatoms. The number of hydrogen-bond acceptors (Lipinski definition) is 7. The first-order chi connectivity index (χ1) is 9.97. The highest BCUT2D eigenvalue weighted by Gasteiger charge is 2.25. The molecule has 1 fully saturated rings. The van der Waals surface area contributed by atoms with Gasteiger partial charge in [0.25, 0.3) is 0 Å². The van der Waals surface area contributed by atoms with E-state index in [0.717, 1.165) is 18.8 Å². The number of nitrogens with two attached hydrogens (primary N) is 1. The normalized spacial score (nSPS) is 25.7. The molecular weight excluding hydrogens is 268 g/mol. The van der Waals surface area contributed by atoms with Crippen LogP contribution in [0.25, 0.3) is 0 Å². The molecule has 21 heavy (non-hydrogen) atoms. The SMILES string of the molecule is CC(C)Oc1nc(NN)nc(NC2CCC(C)C(C)C2)n1. The summed E-state index contributed by atoms with van der Waals surface area (Å²) in [5, 5.41) is 3.38. The molecule has 3 unspecified atom stereocenters. The van der Waals surface area contributed by atoms with Crippen LogP contribution in [-0.2, 0) is 0 Å². The Hall–Kier alpha value is -1.63. The van der Waals surface area contributed by atoms with Crippen LogP contribution in [0.1, 0.15) is 47.0 Å². The highest BCUT2D eigenvalue weighted by molar-refractivity contribution is 5.35. The van der Waals surface area contributed by atoms with Gasteiger partial charge < -0.3 is 10.1 Å². The molecule has 0 spiro atoms. The van der Waals surface area contributed by atoms with Crippen LogP contribution in [-0.4, -0.2) is 27.1 Å². The number of nitrogen functional groups attached to an aromatic ring is 1. The molecule has 3 atom stereocenters. The summed E-state index contributed by atoms with van der Waals surface area (Å²) in [6, 6.07) is 0.670. The first-order valence-electron chi connectivity index (χ1n) is 7.63. The van der Waals surface area contributed by atoms with Crippen LogP contribution in [0.5, 0.6) is 6.01 Å². The van der Waals surface area contributed by atoms with Gasteiger partial charge in [-0.2, -0.15) is 15.0 Å². The largest absolute Gasteiger partial charge is 0.461 e. The lowest BCUT2D eigenvalue weighted by Crippen LogP contribution is -2.31. The predicted octanol–water partition coefficient (Wildman–Crippen LogP) is 2.18. The van der Waals surface area contributed by atoms with Crippen LogP contribution in [0.4, 0.5) is 11.9 Å². The average molecular weight is 294 g/mol. The molecule has 1 aromatic heterocycles. The molecule has 1 aromatic rings. The minimum Gasteiger partial charge on any atom is -0.461 e. The fourth-order valence-corrected chi connectivity index (χ4v) is 2.61. The zero-order chi connectivity index (χ0) is 15.4. The van der Waals surface area contributed by atoms with E-state index in [-0.39, 0.29) is 12.1 Å². The number of nitrogens with one attached hydrogen (secondary N) is 2. The second kappa shape index (κ2) is 6.89. The van der Waals surface area contributed by atoms with Crippen molar-refractivity contribution in [1.82, 2.24) is 15.0 Å². The molecule has 1 aliphatic rings. The van der Waals surface area contributed by atoms with Gasteiger partial charge in [0.1, 0.15) is 0 Å². The third-order valence-corrected chi connectivity index (χ3v) is 4.02. The quantitative estimate of drug-likeness (QED) is 0.565. The number of ether oxygens (including phenoxy) is 1. The van der Waals surface area contributed by atoms with Crippen LogP contribution in [0, 0.1) is 11.8 Å². The van der Waals surface area contributed by atoms with Gasteiger partial charge in [-0.15, -0.1) is 0 Å². The van der Waals surface area contributed by atoms with E-state index >= 15 is 0 Å². The van der Waals surface area contributed by atoms with Gasteiger partial charge >= 0.3 is 6.01 Å². The molecule has 1 heterocycles. The fraction of sp³-hybridized carbons (Fsp3) is 0.786. The van der Waals surface area contributed by atoms with Gasteiger partial charge in [0, 0.05) is 6.04 Å². The summed E-state index contributed by atoms with van der Waals surface area (Å²) in [5.74, 6) is 7.71. The number of anilines is 2. The van der Waals surface area contributed by atoms with Crippen LogP contribution in [0.2, 0.25) is 0 Å². The van der Waals surface area contributed by atoms with E-state index in [2.05, 4.69) is 39.5 Å². The van der Waals surface area contributed by atoms with E-state index in [1.807, 2.05) is 13.8 Å². The first kappa shape index (κ1) is 15.8. The molecule has 0 aliphatic heterocycles. The number of nitrogens with zero attached hydrogens (tertiary/aromatic N) is 3. The van der Waals surface area contributed by atoms with Gasteiger partial charge in [-0.3, -0.25) is 5.43 Å². The molecular formula is C14H26N6O. The Labute approximate surface area is 126 Å². The van der Waals surface area contributed by atoms with Crippen LogP contribution >= 0.6 is 0 Å². The van der Waals surface area contributed by atoms with Crippen molar-refractivity contribution in [2.45, 2.75) is 59.1 Å². The van der Waals surface area contributed by atoms with E-state index in [1.54, 1.807) is 0 Å². The van der Waals surface area contributed by atoms with Gasteiger partial charge in [-0.25, -0.2) is 5.84 Å². The Morgan fingerprint density at radius 3 is 2.43 bits per heavy atom. The summed E-state index contributed by atoms with van der Waals surface area (Å²) in [4.78, 5) is 12.6. The van der Waals surface area contributed by atoms with Crippen LogP contribution < -0.4 is 21.3 Å². The van der Waals surface area contributed by atoms with Crippen molar-refractivity contribution in [1.29, 1.82) is 0 Å². The van der Waals surface area contributed by atoms with Crippen LogP contribution in [0.15, 0.2) is 0 Å². The Balaban J connectivity index is 2.08. The summed E-state index contributed by atoms with van der Waals surface area (Å²) in [6.45, 7) is 8.47. The van der Waals surface area contributed by atoms with Crippen molar-refractivity contribution in [2.24, 2.45) is 17.7 Å². The van der Waals surface area contributed by atoms with Crippen molar-refractivity contribution >= 4 is 11.9 Å². The Morgan fingerprint density at radius 2 is 1.81 bits per heavy atom. The van der Waals surface area contributed by atoms with E-state index in [4.69, 9.17) is 10.6 Å². The number of hydrazine groups is 1. The number of aromatic nitrogens is 3. The van der Waals surface area contributed by atoms with Crippen molar-refractivity contribution < 1.29 is 4.74 Å². The summed E-state index contributed by atoms with van der Waals surface area (Å²) < 4.78 is 5.53. The minimum atomic E-state index is 0.00132. The Kier molecular flexibility index (Phi) is 5.17. The summed E-state index contributed by atoms with van der Waals surface area (Å²) >= 11 is 0. The smallest absolute Gasteiger partial charge is 0.323 e. The topological polar surface area (TPSA) is 98.0 Å². The standard InChI is InChI=1S/C14H26N6O/c1-8(2)21-14-18-12(17-13(19-14)20-15)16-11-6-5-9(3)10(4)7-11/h8-11H,5-7,15H2,1-4H3,(H2,16,17,18,19,20). The molecule has 2 rings (SSSR count). The van der Waals surface area contributed by atoms with Gasteiger partial charge in [0.05, 0.1) is 6.10 Å². The lowest BCUT2D eigenvalue weighted by atomic mass is 9.79. The zero-order valence-corrected chi connectivity index (χ0v) is 13.3. The molecule has 0 saturated heterocycles. The second-order valence-corrected chi connectivity index (χ2v) is 6.19. The van der Waals surface area contributed by atoms with Crippen LogP contribution in [0.3, 0.4) is 0 Å². The van der Waals surface area contributed by atoms with Crippen molar-refractivity contribution in [3.63, 3.8) is 0 Å². The summed E-state index contributed by atoms with van der Waals surface area (Å²) in [7, 11) is 0. The molecule has 0 aromatic carbocycles. The highest BCUT2D eigenvalue weighted by Crippen LogP contribution is 2.30. The Bertz CT molecular complexity index is 467. The molecule has 118 valence electrons. The summed E-state index contributed by atoms with van der Waals surface area (Å²) in [5.41, 5.74) is 2.45. The predicted molar refractivity (Wildman–Crippen MR) is 83.0 cm³/mol. The molecule has 7 nitrogen and oxygen atoms in total. The van der Waals surface area contributed by atoms with Gasteiger partial charge in [-0.1, -0.05) is 13.8 Å². The average Bonchev–Trinajstić information content (AvgIpc) is 2.42. The first-order valence-corrected chi connectivity index (χ1v) is 7.63. The summed E-state index contributed by atoms with van der Waals surface area (Å²) in [6.07, 6.45) is 3.48. The van der Waals surface area contributed by atoms with E-state index in [1.165, 1.54) is 6.42 Å².